The molecule has 0 spiro atoms. The van der Waals surface area contributed by atoms with Gasteiger partial charge >= 0.3 is 11.8 Å². The molecule has 160 valence electrons. The predicted octanol–water partition coefficient (Wildman–Crippen LogP) is 1.51. The van der Waals surface area contributed by atoms with Crippen LogP contribution in [0.5, 0.6) is 0 Å². The Labute approximate surface area is 182 Å². The number of nitrogens with zero attached hydrogens (tertiary/aromatic N) is 7. The van der Waals surface area contributed by atoms with Gasteiger partial charge in [-0.25, -0.2) is 4.68 Å². The van der Waals surface area contributed by atoms with Crippen molar-refractivity contribution in [1.82, 2.24) is 40.3 Å². The summed E-state index contributed by atoms with van der Waals surface area (Å²) in [6.45, 7) is 0.0529. The Balaban J connectivity index is 1.23. The molecule has 0 aliphatic heterocycles. The van der Waals surface area contributed by atoms with Gasteiger partial charge in [0, 0.05) is 16.9 Å². The first kappa shape index (κ1) is 19.5. The maximum Gasteiger partial charge on any atom is 0.313 e. The second-order valence-electron chi connectivity index (χ2n) is 7.35. The van der Waals surface area contributed by atoms with Gasteiger partial charge in [0.1, 0.15) is 6.33 Å². The summed E-state index contributed by atoms with van der Waals surface area (Å²) in [5, 5.41) is 25.0. The zero-order valence-electron chi connectivity index (χ0n) is 16.9. The van der Waals surface area contributed by atoms with Crippen molar-refractivity contribution < 1.29 is 9.59 Å². The fraction of sp³-hybridized carbons (Fsp3) is 0.190. The molecule has 1 fully saturated rings. The van der Waals surface area contributed by atoms with Crippen LogP contribution in [-0.2, 0) is 16.1 Å². The molecule has 0 saturated heterocycles. The average molecular weight is 429 g/mol. The summed E-state index contributed by atoms with van der Waals surface area (Å²) in [6, 6.07) is 16.9. The summed E-state index contributed by atoms with van der Waals surface area (Å²) >= 11 is 0. The van der Waals surface area contributed by atoms with Crippen LogP contribution in [0.15, 0.2) is 60.9 Å². The molecule has 11 nitrogen and oxygen atoms in total. The summed E-state index contributed by atoms with van der Waals surface area (Å²) in [7, 11) is 0. The van der Waals surface area contributed by atoms with Gasteiger partial charge in [0.05, 0.1) is 12.6 Å². The Morgan fingerprint density at radius 3 is 2.66 bits per heavy atom. The lowest BCUT2D eigenvalue weighted by atomic mass is 10.2. The van der Waals surface area contributed by atoms with Crippen LogP contribution >= 0.6 is 0 Å². The Hall–Kier alpha value is -4.41. The first-order valence-corrected chi connectivity index (χ1v) is 10.1. The van der Waals surface area contributed by atoms with Crippen molar-refractivity contribution in [3.8, 4) is 17.1 Å². The summed E-state index contributed by atoms with van der Waals surface area (Å²) in [6.07, 6.45) is 3.65. The molecule has 5 rings (SSSR count). The largest absolute Gasteiger partial charge is 0.341 e. The normalized spacial score (nSPS) is 13.0. The fourth-order valence-electron chi connectivity index (χ4n) is 3.30. The van der Waals surface area contributed by atoms with Crippen molar-refractivity contribution in [2.75, 3.05) is 5.32 Å². The Morgan fingerprint density at radius 2 is 1.84 bits per heavy atom. The lowest BCUT2D eigenvalue weighted by molar-refractivity contribution is -0.136. The summed E-state index contributed by atoms with van der Waals surface area (Å²) in [5.41, 5.74) is 2.09. The second kappa shape index (κ2) is 8.38. The van der Waals surface area contributed by atoms with Crippen LogP contribution in [0.2, 0.25) is 0 Å². The van der Waals surface area contributed by atoms with Gasteiger partial charge in [-0.1, -0.05) is 30.3 Å². The molecular formula is C21H19N9O2. The monoisotopic (exact) mass is 429 g/mol. The van der Waals surface area contributed by atoms with Gasteiger partial charge in [0.15, 0.2) is 11.6 Å². The van der Waals surface area contributed by atoms with E-state index >= 15 is 0 Å². The highest BCUT2D eigenvalue weighted by Crippen LogP contribution is 2.36. The third-order valence-corrected chi connectivity index (χ3v) is 5.03. The van der Waals surface area contributed by atoms with Gasteiger partial charge in [0.25, 0.3) is 0 Å². The zero-order valence-corrected chi connectivity index (χ0v) is 16.9. The Kier molecular flexibility index (Phi) is 5.12. The molecule has 2 aromatic carbocycles. The summed E-state index contributed by atoms with van der Waals surface area (Å²) in [4.78, 5) is 24.7. The highest BCUT2D eigenvalue weighted by Gasteiger charge is 2.28. The number of aromatic nitrogens is 7. The summed E-state index contributed by atoms with van der Waals surface area (Å²) < 4.78 is 3.53. The first-order valence-electron chi connectivity index (χ1n) is 10.1. The number of amides is 2. The van der Waals surface area contributed by atoms with Crippen LogP contribution in [0.1, 0.15) is 24.7 Å². The molecule has 1 aliphatic carbocycles. The molecule has 0 bridgehead atoms. The molecule has 2 amide bonds. The average Bonchev–Trinajstić information content (AvgIpc) is 3.35. The van der Waals surface area contributed by atoms with Crippen molar-refractivity contribution in [1.29, 1.82) is 0 Å². The molecule has 0 atom stereocenters. The fourth-order valence-corrected chi connectivity index (χ4v) is 3.30. The van der Waals surface area contributed by atoms with E-state index in [0.29, 0.717) is 23.4 Å². The van der Waals surface area contributed by atoms with E-state index in [1.807, 2.05) is 36.4 Å². The maximum absolute atomic E-state index is 12.4. The highest BCUT2D eigenvalue weighted by molar-refractivity contribution is 6.39. The smallest absolute Gasteiger partial charge is 0.313 e. The van der Waals surface area contributed by atoms with E-state index in [0.717, 1.165) is 24.1 Å². The van der Waals surface area contributed by atoms with Crippen LogP contribution in [-0.4, -0.2) is 46.8 Å². The lowest BCUT2D eigenvalue weighted by Crippen LogP contribution is -2.35. The molecule has 2 aromatic heterocycles. The lowest BCUT2D eigenvalue weighted by Gasteiger charge is -2.09. The second-order valence-corrected chi connectivity index (χ2v) is 7.35. The number of hydrogen-bond donors (Lipinski definition) is 2. The molecular weight excluding hydrogens is 410 g/mol. The number of benzene rings is 2. The molecule has 2 N–H and O–H groups in total. The minimum Gasteiger partial charge on any atom is -0.341 e. The van der Waals surface area contributed by atoms with E-state index in [4.69, 9.17) is 0 Å². The zero-order chi connectivity index (χ0) is 21.9. The van der Waals surface area contributed by atoms with E-state index in [-0.39, 0.29) is 6.54 Å². The van der Waals surface area contributed by atoms with Crippen molar-refractivity contribution in [3.63, 3.8) is 0 Å². The van der Waals surface area contributed by atoms with E-state index in [1.165, 1.54) is 0 Å². The third kappa shape index (κ3) is 4.08. The van der Waals surface area contributed by atoms with E-state index in [2.05, 4.69) is 36.4 Å². The number of tetrazole rings is 1. The van der Waals surface area contributed by atoms with Gasteiger partial charge in [0.2, 0.25) is 0 Å². The molecule has 0 unspecified atom stereocenters. The standard InChI is InChI=1S/C21H19N9O2/c31-20(22-12-18-25-23-13-29(18)16-7-2-1-3-8-16)21(32)24-15-6-4-5-14(11-15)19-26-27-28-30(19)17-9-10-17/h1-8,11,13,17H,9-10,12H2,(H,22,31)(H,24,32). The molecule has 4 aromatic rings. The molecule has 2 heterocycles. The van der Waals surface area contributed by atoms with Crippen LogP contribution in [0, 0.1) is 0 Å². The maximum atomic E-state index is 12.4. The van der Waals surface area contributed by atoms with Crippen LogP contribution in [0.25, 0.3) is 17.1 Å². The van der Waals surface area contributed by atoms with Crippen molar-refractivity contribution >= 4 is 17.5 Å². The minimum atomic E-state index is -0.783. The van der Waals surface area contributed by atoms with E-state index in [1.54, 1.807) is 33.8 Å². The van der Waals surface area contributed by atoms with Crippen molar-refractivity contribution in [2.24, 2.45) is 0 Å². The van der Waals surface area contributed by atoms with Gasteiger partial charge in [-0.2, -0.15) is 0 Å². The van der Waals surface area contributed by atoms with Gasteiger partial charge in [-0.05, 0) is 47.5 Å². The first-order chi connectivity index (χ1) is 15.7. The third-order valence-electron chi connectivity index (χ3n) is 5.03. The quantitative estimate of drug-likeness (QED) is 0.444. The molecule has 1 saturated carbocycles. The van der Waals surface area contributed by atoms with Crippen LogP contribution in [0.4, 0.5) is 5.69 Å². The van der Waals surface area contributed by atoms with Crippen LogP contribution < -0.4 is 10.6 Å². The molecule has 11 heteroatoms. The number of nitrogens with one attached hydrogen (secondary N) is 2. The summed E-state index contributed by atoms with van der Waals surface area (Å²) in [5.74, 6) is -0.421. The van der Waals surface area contributed by atoms with Crippen molar-refractivity contribution in [3.05, 3.63) is 66.7 Å². The van der Waals surface area contributed by atoms with E-state index in [9.17, 15) is 9.59 Å². The van der Waals surface area contributed by atoms with Gasteiger partial charge < -0.3 is 10.6 Å². The number of carbonyl (C=O) groups excluding carboxylic acids is 2. The number of anilines is 1. The SMILES string of the molecule is O=C(NCc1nncn1-c1ccccc1)C(=O)Nc1cccc(-c2nnnn2C2CC2)c1. The number of hydrogen-bond acceptors (Lipinski definition) is 7. The number of para-hydroxylation sites is 1. The highest BCUT2D eigenvalue weighted by atomic mass is 16.2. The van der Waals surface area contributed by atoms with E-state index < -0.39 is 11.8 Å². The molecule has 1 aliphatic rings. The number of rotatable bonds is 6. The van der Waals surface area contributed by atoms with Gasteiger partial charge in [-0.15, -0.1) is 15.3 Å². The number of carbonyl (C=O) groups is 2. The predicted molar refractivity (Wildman–Crippen MR) is 113 cm³/mol. The van der Waals surface area contributed by atoms with Crippen molar-refractivity contribution in [2.45, 2.75) is 25.4 Å². The molecule has 32 heavy (non-hydrogen) atoms. The van der Waals surface area contributed by atoms with Crippen LogP contribution in [0.3, 0.4) is 0 Å². The Bertz CT molecular complexity index is 1260. The molecule has 0 radical (unpaired) electrons. The topological polar surface area (TPSA) is 133 Å². The van der Waals surface area contributed by atoms with Gasteiger partial charge in [-0.3, -0.25) is 14.2 Å². The minimum absolute atomic E-state index is 0.0529. The Morgan fingerprint density at radius 1 is 1.00 bits per heavy atom.